The summed E-state index contributed by atoms with van der Waals surface area (Å²) in [7, 11) is 0. The van der Waals surface area contributed by atoms with Crippen LogP contribution in [0.15, 0.2) is 48.5 Å². The molecule has 2 nitrogen and oxygen atoms in total. The molecule has 19 heavy (non-hydrogen) atoms. The predicted molar refractivity (Wildman–Crippen MR) is 78.8 cm³/mol. The van der Waals surface area contributed by atoms with E-state index in [1.54, 1.807) is 18.2 Å². The molecule has 0 radical (unpaired) electrons. The second-order valence-corrected chi connectivity index (χ2v) is 5.05. The minimum Gasteiger partial charge on any atom is -0.346 e. The highest BCUT2D eigenvalue weighted by molar-refractivity contribution is 6.42. The van der Waals surface area contributed by atoms with Crippen LogP contribution in [0.1, 0.15) is 28.9 Å². The Kier molecular flexibility index (Phi) is 4.46. The second kappa shape index (κ2) is 6.09. The van der Waals surface area contributed by atoms with E-state index in [4.69, 9.17) is 23.2 Å². The topological polar surface area (TPSA) is 29.1 Å². The van der Waals surface area contributed by atoms with Crippen molar-refractivity contribution in [2.75, 3.05) is 0 Å². The number of hydrogen-bond donors (Lipinski definition) is 1. The number of carbonyl (C=O) groups excluding carboxylic acids is 1. The molecule has 0 fully saturated rings. The van der Waals surface area contributed by atoms with Gasteiger partial charge in [-0.2, -0.15) is 0 Å². The molecule has 0 saturated carbocycles. The molecule has 2 aromatic carbocycles. The maximum Gasteiger partial charge on any atom is 0.251 e. The zero-order valence-electron chi connectivity index (χ0n) is 10.4. The number of benzene rings is 2. The Morgan fingerprint density at radius 1 is 1.05 bits per heavy atom. The summed E-state index contributed by atoms with van der Waals surface area (Å²) in [6.07, 6.45) is 0. The normalized spacial score (nSPS) is 11.9. The highest BCUT2D eigenvalue weighted by Crippen LogP contribution is 2.23. The fraction of sp³-hybridized carbons (Fsp3) is 0.133. The average molecular weight is 294 g/mol. The maximum absolute atomic E-state index is 12.1. The Labute approximate surface area is 122 Å². The molecule has 1 amide bonds. The minimum absolute atomic E-state index is 0.0665. The van der Waals surface area contributed by atoms with Crippen LogP contribution in [-0.2, 0) is 0 Å². The Morgan fingerprint density at radius 3 is 2.37 bits per heavy atom. The minimum atomic E-state index is -0.171. The summed E-state index contributed by atoms with van der Waals surface area (Å²) in [5.41, 5.74) is 1.55. The SMILES string of the molecule is C[C@H](NC(=O)c1ccc(Cl)c(Cl)c1)c1ccccc1. The molecule has 0 aliphatic carbocycles. The van der Waals surface area contributed by atoms with Crippen LogP contribution in [0.5, 0.6) is 0 Å². The maximum atomic E-state index is 12.1. The summed E-state index contributed by atoms with van der Waals surface area (Å²) in [5, 5.41) is 3.73. The molecule has 0 heterocycles. The van der Waals surface area contributed by atoms with Crippen molar-refractivity contribution >= 4 is 29.1 Å². The van der Waals surface area contributed by atoms with Crippen LogP contribution in [0.2, 0.25) is 10.0 Å². The van der Waals surface area contributed by atoms with Gasteiger partial charge in [0.25, 0.3) is 5.91 Å². The van der Waals surface area contributed by atoms with Gasteiger partial charge in [0.2, 0.25) is 0 Å². The summed E-state index contributed by atoms with van der Waals surface area (Å²) in [6.45, 7) is 1.94. The lowest BCUT2D eigenvalue weighted by Crippen LogP contribution is -2.26. The Morgan fingerprint density at radius 2 is 1.74 bits per heavy atom. The summed E-state index contributed by atoms with van der Waals surface area (Å²) in [5.74, 6) is -0.171. The van der Waals surface area contributed by atoms with Gasteiger partial charge >= 0.3 is 0 Å². The van der Waals surface area contributed by atoms with E-state index in [0.29, 0.717) is 15.6 Å². The van der Waals surface area contributed by atoms with Crippen molar-refractivity contribution in [3.63, 3.8) is 0 Å². The molecule has 2 rings (SSSR count). The lowest BCUT2D eigenvalue weighted by molar-refractivity contribution is 0.0940. The van der Waals surface area contributed by atoms with E-state index in [1.165, 1.54) is 0 Å². The van der Waals surface area contributed by atoms with E-state index in [0.717, 1.165) is 5.56 Å². The van der Waals surface area contributed by atoms with Gasteiger partial charge in [-0.1, -0.05) is 53.5 Å². The van der Waals surface area contributed by atoms with Crippen molar-refractivity contribution in [3.05, 3.63) is 69.7 Å². The van der Waals surface area contributed by atoms with Crippen molar-refractivity contribution in [1.29, 1.82) is 0 Å². The average Bonchev–Trinajstić information content (AvgIpc) is 2.42. The van der Waals surface area contributed by atoms with E-state index < -0.39 is 0 Å². The van der Waals surface area contributed by atoms with Crippen molar-refractivity contribution in [3.8, 4) is 0 Å². The molecular formula is C15H13Cl2NO. The predicted octanol–water partition coefficient (Wildman–Crippen LogP) is 4.48. The first-order chi connectivity index (χ1) is 9.08. The Balaban J connectivity index is 2.11. The first-order valence-corrected chi connectivity index (χ1v) is 6.64. The van der Waals surface area contributed by atoms with Crippen LogP contribution in [0.3, 0.4) is 0 Å². The van der Waals surface area contributed by atoms with E-state index in [1.807, 2.05) is 37.3 Å². The Hall–Kier alpha value is -1.51. The molecule has 0 aliphatic heterocycles. The largest absolute Gasteiger partial charge is 0.346 e. The first-order valence-electron chi connectivity index (χ1n) is 5.89. The van der Waals surface area contributed by atoms with Crippen molar-refractivity contribution in [2.45, 2.75) is 13.0 Å². The summed E-state index contributed by atoms with van der Waals surface area (Å²) >= 11 is 11.7. The molecule has 4 heteroatoms. The van der Waals surface area contributed by atoms with Gasteiger partial charge in [-0.15, -0.1) is 0 Å². The number of nitrogens with one attached hydrogen (secondary N) is 1. The van der Waals surface area contributed by atoms with E-state index in [9.17, 15) is 4.79 Å². The van der Waals surface area contributed by atoms with Gasteiger partial charge in [-0.05, 0) is 30.7 Å². The molecule has 2 aromatic rings. The molecule has 1 atom stereocenters. The van der Waals surface area contributed by atoms with Crippen molar-refractivity contribution in [1.82, 2.24) is 5.32 Å². The fourth-order valence-electron chi connectivity index (χ4n) is 1.74. The molecule has 0 unspecified atom stereocenters. The van der Waals surface area contributed by atoms with Gasteiger partial charge < -0.3 is 5.32 Å². The van der Waals surface area contributed by atoms with Crippen LogP contribution in [0, 0.1) is 0 Å². The number of hydrogen-bond acceptors (Lipinski definition) is 1. The van der Waals surface area contributed by atoms with Crippen LogP contribution in [-0.4, -0.2) is 5.91 Å². The highest BCUT2D eigenvalue weighted by Gasteiger charge is 2.12. The Bertz CT molecular complexity index is 584. The van der Waals surface area contributed by atoms with Crippen molar-refractivity contribution in [2.24, 2.45) is 0 Å². The molecule has 0 aromatic heterocycles. The second-order valence-electron chi connectivity index (χ2n) is 4.23. The van der Waals surface area contributed by atoms with Crippen LogP contribution < -0.4 is 5.32 Å². The third-order valence-corrected chi connectivity index (χ3v) is 3.57. The molecule has 0 saturated heterocycles. The molecule has 0 bridgehead atoms. The molecule has 98 valence electrons. The van der Waals surface area contributed by atoms with Gasteiger partial charge in [0.15, 0.2) is 0 Å². The van der Waals surface area contributed by atoms with Gasteiger partial charge in [-0.25, -0.2) is 0 Å². The molecule has 1 N–H and O–H groups in total. The van der Waals surface area contributed by atoms with Gasteiger partial charge in [-0.3, -0.25) is 4.79 Å². The number of carbonyl (C=O) groups is 1. The summed E-state index contributed by atoms with van der Waals surface area (Å²) in [6, 6.07) is 14.5. The molecule has 0 spiro atoms. The fourth-order valence-corrected chi connectivity index (χ4v) is 2.04. The van der Waals surface area contributed by atoms with Gasteiger partial charge in [0.1, 0.15) is 0 Å². The van der Waals surface area contributed by atoms with E-state index in [-0.39, 0.29) is 11.9 Å². The summed E-state index contributed by atoms with van der Waals surface area (Å²) in [4.78, 5) is 12.1. The van der Waals surface area contributed by atoms with Crippen molar-refractivity contribution < 1.29 is 4.79 Å². The lowest BCUT2D eigenvalue weighted by Gasteiger charge is -2.14. The van der Waals surface area contributed by atoms with Gasteiger partial charge in [0, 0.05) is 5.56 Å². The lowest BCUT2D eigenvalue weighted by atomic mass is 10.1. The zero-order chi connectivity index (χ0) is 13.8. The quantitative estimate of drug-likeness (QED) is 0.888. The number of amides is 1. The zero-order valence-corrected chi connectivity index (χ0v) is 11.9. The third kappa shape index (κ3) is 3.49. The van der Waals surface area contributed by atoms with E-state index in [2.05, 4.69) is 5.32 Å². The van der Waals surface area contributed by atoms with E-state index >= 15 is 0 Å². The first kappa shape index (κ1) is 13.9. The summed E-state index contributed by atoms with van der Waals surface area (Å²) < 4.78 is 0. The highest BCUT2D eigenvalue weighted by atomic mass is 35.5. The number of halogens is 2. The standard InChI is InChI=1S/C15H13Cl2NO/c1-10(11-5-3-2-4-6-11)18-15(19)12-7-8-13(16)14(17)9-12/h2-10H,1H3,(H,18,19)/t10-/m0/s1. The van der Waals surface area contributed by atoms with Gasteiger partial charge in [0.05, 0.1) is 16.1 Å². The van der Waals surface area contributed by atoms with Crippen LogP contribution in [0.25, 0.3) is 0 Å². The molecular weight excluding hydrogens is 281 g/mol. The van der Waals surface area contributed by atoms with Crippen LogP contribution in [0.4, 0.5) is 0 Å². The molecule has 0 aliphatic rings. The van der Waals surface area contributed by atoms with Crippen LogP contribution >= 0.6 is 23.2 Å². The monoisotopic (exact) mass is 293 g/mol. The number of rotatable bonds is 3. The third-order valence-electron chi connectivity index (χ3n) is 2.83. The smallest absolute Gasteiger partial charge is 0.251 e.